The van der Waals surface area contributed by atoms with E-state index in [4.69, 9.17) is 0 Å². The molecule has 1 atom stereocenters. The molecule has 5 nitrogen and oxygen atoms in total. The molecule has 3 aromatic rings. The summed E-state index contributed by atoms with van der Waals surface area (Å²) in [4.78, 5) is 12.5. The average molecular weight is 401 g/mol. The summed E-state index contributed by atoms with van der Waals surface area (Å²) in [5.74, 6) is -0.0729. The summed E-state index contributed by atoms with van der Waals surface area (Å²) < 4.78 is 2.89. The van der Waals surface area contributed by atoms with E-state index in [2.05, 4.69) is 43.7 Å². The van der Waals surface area contributed by atoms with Crippen molar-refractivity contribution in [1.82, 2.24) is 20.3 Å². The van der Waals surface area contributed by atoms with E-state index in [1.165, 1.54) is 5.56 Å². The molecule has 0 bridgehead atoms. The van der Waals surface area contributed by atoms with Gasteiger partial charge in [0.05, 0.1) is 5.52 Å². The summed E-state index contributed by atoms with van der Waals surface area (Å²) in [6, 6.07) is 13.9. The van der Waals surface area contributed by atoms with Gasteiger partial charge in [0.15, 0.2) is 0 Å². The van der Waals surface area contributed by atoms with Gasteiger partial charge in [0, 0.05) is 22.6 Å². The Bertz CT molecular complexity index is 873. The van der Waals surface area contributed by atoms with Gasteiger partial charge in [-0.1, -0.05) is 33.3 Å². The van der Waals surface area contributed by atoms with E-state index in [1.54, 1.807) is 6.07 Å². The van der Waals surface area contributed by atoms with Gasteiger partial charge >= 0.3 is 0 Å². The van der Waals surface area contributed by atoms with Crippen molar-refractivity contribution in [2.75, 3.05) is 0 Å². The predicted octanol–water partition coefficient (Wildman–Crippen LogP) is 3.96. The number of aromatic nitrogens is 3. The molecule has 130 valence electrons. The minimum Gasteiger partial charge on any atom is -0.350 e. The van der Waals surface area contributed by atoms with Gasteiger partial charge in [-0.2, -0.15) is 0 Å². The number of hydrogen-bond donors (Lipinski definition) is 1. The Kier molecular flexibility index (Phi) is 5.48. The Morgan fingerprint density at radius 2 is 2.00 bits per heavy atom. The largest absolute Gasteiger partial charge is 0.350 e. The van der Waals surface area contributed by atoms with E-state index in [0.717, 1.165) is 34.9 Å². The van der Waals surface area contributed by atoms with Crippen LogP contribution in [0.25, 0.3) is 11.0 Å². The molecule has 0 spiro atoms. The number of carbonyl (C=O) groups is 1. The molecule has 0 aliphatic heterocycles. The van der Waals surface area contributed by atoms with Crippen LogP contribution in [0.2, 0.25) is 0 Å². The van der Waals surface area contributed by atoms with Gasteiger partial charge in [0.1, 0.15) is 5.52 Å². The average Bonchev–Trinajstić information content (AvgIpc) is 3.03. The zero-order valence-corrected chi connectivity index (χ0v) is 16.0. The summed E-state index contributed by atoms with van der Waals surface area (Å²) in [6.45, 7) is 4.81. The SMILES string of the molecule is CCn1nnc2cc(C(=O)NC(C)CCc3ccc(Br)cc3)ccc21. The van der Waals surface area contributed by atoms with Crippen LogP contribution in [0.4, 0.5) is 0 Å². The Balaban J connectivity index is 1.60. The van der Waals surface area contributed by atoms with E-state index >= 15 is 0 Å². The van der Waals surface area contributed by atoms with Crippen molar-refractivity contribution in [2.45, 2.75) is 39.3 Å². The van der Waals surface area contributed by atoms with Gasteiger partial charge < -0.3 is 5.32 Å². The number of aryl methyl sites for hydroxylation is 2. The first-order valence-corrected chi connectivity index (χ1v) is 9.24. The van der Waals surface area contributed by atoms with Crippen molar-refractivity contribution in [3.05, 3.63) is 58.1 Å². The highest BCUT2D eigenvalue weighted by Gasteiger charge is 2.12. The number of nitrogens with zero attached hydrogens (tertiary/aromatic N) is 3. The molecule has 0 saturated carbocycles. The lowest BCUT2D eigenvalue weighted by molar-refractivity contribution is 0.0938. The van der Waals surface area contributed by atoms with Gasteiger partial charge in [-0.05, 0) is 62.6 Å². The predicted molar refractivity (Wildman–Crippen MR) is 103 cm³/mol. The Hall–Kier alpha value is -2.21. The van der Waals surface area contributed by atoms with Crippen molar-refractivity contribution in [3.63, 3.8) is 0 Å². The maximum absolute atomic E-state index is 12.5. The zero-order valence-electron chi connectivity index (χ0n) is 14.4. The molecule has 1 amide bonds. The van der Waals surface area contributed by atoms with Gasteiger partial charge in [0.25, 0.3) is 5.91 Å². The first-order chi connectivity index (χ1) is 12.1. The molecule has 1 N–H and O–H groups in total. The number of benzene rings is 2. The minimum atomic E-state index is -0.0729. The zero-order chi connectivity index (χ0) is 17.8. The van der Waals surface area contributed by atoms with E-state index in [-0.39, 0.29) is 11.9 Å². The third kappa shape index (κ3) is 4.25. The number of rotatable bonds is 6. The first-order valence-electron chi connectivity index (χ1n) is 8.45. The number of hydrogen-bond acceptors (Lipinski definition) is 3. The van der Waals surface area contributed by atoms with E-state index in [1.807, 2.05) is 42.8 Å². The number of amides is 1. The second-order valence-corrected chi connectivity index (χ2v) is 7.06. The fourth-order valence-electron chi connectivity index (χ4n) is 2.76. The molecule has 25 heavy (non-hydrogen) atoms. The maximum Gasteiger partial charge on any atom is 0.251 e. The van der Waals surface area contributed by atoms with Gasteiger partial charge in [-0.15, -0.1) is 5.10 Å². The Labute approximate surface area is 155 Å². The molecule has 1 unspecified atom stereocenters. The Morgan fingerprint density at radius 1 is 1.24 bits per heavy atom. The van der Waals surface area contributed by atoms with Crippen LogP contribution in [0.15, 0.2) is 46.9 Å². The molecule has 1 aromatic heterocycles. The molecule has 2 aromatic carbocycles. The number of nitrogens with one attached hydrogen (secondary N) is 1. The van der Waals surface area contributed by atoms with Crippen molar-refractivity contribution < 1.29 is 4.79 Å². The molecular formula is C19H21BrN4O. The molecule has 0 radical (unpaired) electrons. The minimum absolute atomic E-state index is 0.0729. The molecule has 1 heterocycles. The van der Waals surface area contributed by atoms with Gasteiger partial charge in [-0.25, -0.2) is 4.68 Å². The van der Waals surface area contributed by atoms with Crippen molar-refractivity contribution in [2.24, 2.45) is 0 Å². The first kappa shape index (κ1) is 17.6. The molecule has 0 aliphatic carbocycles. The highest BCUT2D eigenvalue weighted by Crippen LogP contribution is 2.15. The van der Waals surface area contributed by atoms with Crippen molar-refractivity contribution in [3.8, 4) is 0 Å². The van der Waals surface area contributed by atoms with Crippen molar-refractivity contribution in [1.29, 1.82) is 0 Å². The summed E-state index contributed by atoms with van der Waals surface area (Å²) >= 11 is 3.44. The van der Waals surface area contributed by atoms with Gasteiger partial charge in [0.2, 0.25) is 0 Å². The summed E-state index contributed by atoms with van der Waals surface area (Å²) in [5, 5.41) is 11.3. The topological polar surface area (TPSA) is 59.8 Å². The van der Waals surface area contributed by atoms with Crippen LogP contribution in [-0.2, 0) is 13.0 Å². The lowest BCUT2D eigenvalue weighted by Crippen LogP contribution is -2.32. The van der Waals surface area contributed by atoms with E-state index < -0.39 is 0 Å². The quantitative estimate of drug-likeness (QED) is 0.680. The lowest BCUT2D eigenvalue weighted by Gasteiger charge is -2.14. The highest BCUT2D eigenvalue weighted by molar-refractivity contribution is 9.10. The normalized spacial score (nSPS) is 12.3. The fraction of sp³-hybridized carbons (Fsp3) is 0.316. The number of carbonyl (C=O) groups excluding carboxylic acids is 1. The van der Waals surface area contributed by atoms with Crippen LogP contribution in [0, 0.1) is 0 Å². The second-order valence-electron chi connectivity index (χ2n) is 6.15. The molecular weight excluding hydrogens is 380 g/mol. The monoisotopic (exact) mass is 400 g/mol. The number of halogens is 1. The lowest BCUT2D eigenvalue weighted by atomic mass is 10.1. The van der Waals surface area contributed by atoms with Crippen LogP contribution in [-0.4, -0.2) is 26.9 Å². The van der Waals surface area contributed by atoms with Crippen molar-refractivity contribution >= 4 is 32.9 Å². The van der Waals surface area contributed by atoms with Gasteiger partial charge in [-0.3, -0.25) is 4.79 Å². The highest BCUT2D eigenvalue weighted by atomic mass is 79.9. The molecule has 0 fully saturated rings. The second kappa shape index (κ2) is 7.78. The smallest absolute Gasteiger partial charge is 0.251 e. The molecule has 6 heteroatoms. The summed E-state index contributed by atoms with van der Waals surface area (Å²) in [6.07, 6.45) is 1.82. The van der Waals surface area contributed by atoms with Crippen LogP contribution in [0.5, 0.6) is 0 Å². The summed E-state index contributed by atoms with van der Waals surface area (Å²) in [7, 11) is 0. The molecule has 0 aliphatic rings. The third-order valence-corrected chi connectivity index (χ3v) is 4.76. The summed E-state index contributed by atoms with van der Waals surface area (Å²) in [5.41, 5.74) is 3.58. The van der Waals surface area contributed by atoms with Crippen LogP contribution < -0.4 is 5.32 Å². The standard InChI is InChI=1S/C19H21BrN4O/c1-3-24-18-11-8-15(12-17(18)22-23-24)19(25)21-13(2)4-5-14-6-9-16(20)10-7-14/h6-13H,3-5H2,1-2H3,(H,21,25). The van der Waals surface area contributed by atoms with E-state index in [9.17, 15) is 4.79 Å². The fourth-order valence-corrected chi connectivity index (χ4v) is 3.02. The maximum atomic E-state index is 12.5. The van der Waals surface area contributed by atoms with E-state index in [0.29, 0.717) is 5.56 Å². The number of fused-ring (bicyclic) bond motifs is 1. The van der Waals surface area contributed by atoms with Crippen LogP contribution in [0.1, 0.15) is 36.2 Å². The van der Waals surface area contributed by atoms with Crippen LogP contribution in [0.3, 0.4) is 0 Å². The Morgan fingerprint density at radius 3 is 2.72 bits per heavy atom. The van der Waals surface area contributed by atoms with Crippen LogP contribution >= 0.6 is 15.9 Å². The third-order valence-electron chi connectivity index (χ3n) is 4.23. The molecule has 3 rings (SSSR count). The molecule has 0 saturated heterocycles.